The summed E-state index contributed by atoms with van der Waals surface area (Å²) in [7, 11) is 0. The average Bonchev–Trinajstić information content (AvgIpc) is 3.55. The molecule has 0 bridgehead atoms. The number of hydrogen-bond donors (Lipinski definition) is 2. The van der Waals surface area contributed by atoms with Gasteiger partial charge in [0.1, 0.15) is 23.0 Å². The van der Waals surface area contributed by atoms with E-state index in [1.165, 1.54) is 11.3 Å². The predicted molar refractivity (Wildman–Crippen MR) is 134 cm³/mol. The number of aromatic nitrogens is 3. The molecule has 2 atom stereocenters. The summed E-state index contributed by atoms with van der Waals surface area (Å²) in [6.45, 7) is 2.16. The van der Waals surface area contributed by atoms with Crippen molar-refractivity contribution in [3.8, 4) is 0 Å². The number of fused-ring (bicyclic) bond motifs is 4. The first-order chi connectivity index (χ1) is 17.0. The van der Waals surface area contributed by atoms with Crippen molar-refractivity contribution in [2.45, 2.75) is 25.8 Å². The summed E-state index contributed by atoms with van der Waals surface area (Å²) in [6, 6.07) is 12.3. The third-order valence-electron chi connectivity index (χ3n) is 6.35. The van der Waals surface area contributed by atoms with E-state index in [-0.39, 0.29) is 18.2 Å². The van der Waals surface area contributed by atoms with Gasteiger partial charge in [0.15, 0.2) is 11.4 Å². The highest BCUT2D eigenvalue weighted by atomic mass is 32.1. The highest BCUT2D eigenvalue weighted by molar-refractivity contribution is 7.16. The molecule has 0 unspecified atom stereocenters. The van der Waals surface area contributed by atoms with Gasteiger partial charge in [-0.2, -0.15) is 0 Å². The van der Waals surface area contributed by atoms with Crippen molar-refractivity contribution >= 4 is 67.0 Å². The molecule has 0 aliphatic carbocycles. The van der Waals surface area contributed by atoms with Gasteiger partial charge in [-0.05, 0) is 49.6 Å². The lowest BCUT2D eigenvalue weighted by molar-refractivity contribution is -0.138. The lowest BCUT2D eigenvalue weighted by atomic mass is 10.0. The number of thiazole rings is 1. The van der Waals surface area contributed by atoms with Crippen LogP contribution in [0.4, 0.5) is 11.5 Å². The van der Waals surface area contributed by atoms with Crippen LogP contribution in [0.15, 0.2) is 52.4 Å². The van der Waals surface area contributed by atoms with E-state index < -0.39 is 12.0 Å². The molecule has 1 fully saturated rings. The maximum atomic E-state index is 12.8. The average molecular weight is 488 g/mol. The van der Waals surface area contributed by atoms with Gasteiger partial charge in [0.2, 0.25) is 5.91 Å². The van der Waals surface area contributed by atoms with Crippen LogP contribution in [0.1, 0.15) is 18.7 Å². The van der Waals surface area contributed by atoms with Gasteiger partial charge >= 0.3 is 5.97 Å². The Morgan fingerprint density at radius 1 is 1.23 bits per heavy atom. The molecular weight excluding hydrogens is 466 g/mol. The molecule has 2 N–H and O–H groups in total. The molecular formula is C25H21N5O4S. The Kier molecular flexibility index (Phi) is 5.10. The van der Waals surface area contributed by atoms with E-state index in [1.54, 1.807) is 17.3 Å². The molecule has 2 aromatic carbocycles. The Bertz CT molecular complexity index is 1610. The van der Waals surface area contributed by atoms with Crippen LogP contribution < -0.4 is 10.2 Å². The van der Waals surface area contributed by atoms with Crippen LogP contribution in [0.25, 0.3) is 32.3 Å². The van der Waals surface area contributed by atoms with Gasteiger partial charge in [0.25, 0.3) is 0 Å². The molecule has 5 aromatic rings. The van der Waals surface area contributed by atoms with Gasteiger partial charge in [-0.1, -0.05) is 12.1 Å². The number of furan rings is 1. The molecule has 6 rings (SSSR count). The van der Waals surface area contributed by atoms with Crippen LogP contribution in [0.2, 0.25) is 0 Å². The van der Waals surface area contributed by atoms with E-state index in [0.717, 1.165) is 15.6 Å². The van der Waals surface area contributed by atoms with Crippen molar-refractivity contribution in [3.63, 3.8) is 0 Å². The lowest BCUT2D eigenvalue weighted by Crippen LogP contribution is -2.36. The number of rotatable bonds is 5. The number of amides is 1. The zero-order valence-corrected chi connectivity index (χ0v) is 19.6. The highest BCUT2D eigenvalue weighted by Gasteiger charge is 2.40. The first-order valence-corrected chi connectivity index (χ1v) is 12.1. The van der Waals surface area contributed by atoms with Gasteiger partial charge in [-0.25, -0.2) is 19.7 Å². The van der Waals surface area contributed by atoms with Gasteiger partial charge in [-0.3, -0.25) is 4.79 Å². The zero-order valence-electron chi connectivity index (χ0n) is 18.8. The van der Waals surface area contributed by atoms with Gasteiger partial charge in [0.05, 0.1) is 15.7 Å². The molecule has 0 saturated carbocycles. The van der Waals surface area contributed by atoms with Gasteiger partial charge in [0, 0.05) is 24.0 Å². The van der Waals surface area contributed by atoms with Crippen molar-refractivity contribution in [2.75, 3.05) is 16.8 Å². The molecule has 9 nitrogen and oxygen atoms in total. The molecule has 1 aliphatic rings. The van der Waals surface area contributed by atoms with Gasteiger partial charge in [-0.15, -0.1) is 11.3 Å². The second kappa shape index (κ2) is 8.31. The predicted octanol–water partition coefficient (Wildman–Crippen LogP) is 4.60. The van der Waals surface area contributed by atoms with E-state index in [9.17, 15) is 14.7 Å². The monoisotopic (exact) mass is 487 g/mol. The fourth-order valence-corrected chi connectivity index (χ4v) is 5.54. The fourth-order valence-electron chi connectivity index (χ4n) is 4.83. The van der Waals surface area contributed by atoms with Crippen LogP contribution in [-0.4, -0.2) is 44.5 Å². The zero-order chi connectivity index (χ0) is 24.1. The summed E-state index contributed by atoms with van der Waals surface area (Å²) < 4.78 is 7.06. The smallest absolute Gasteiger partial charge is 0.326 e. The van der Waals surface area contributed by atoms with Crippen molar-refractivity contribution in [1.29, 1.82) is 0 Å². The van der Waals surface area contributed by atoms with Crippen LogP contribution in [0, 0.1) is 12.8 Å². The maximum Gasteiger partial charge on any atom is 0.326 e. The summed E-state index contributed by atoms with van der Waals surface area (Å²) in [6.07, 6.45) is 0.537. The van der Waals surface area contributed by atoms with Crippen LogP contribution in [0.3, 0.4) is 0 Å². The lowest BCUT2D eigenvalue weighted by Gasteiger charge is -2.22. The molecule has 176 valence electrons. The van der Waals surface area contributed by atoms with E-state index in [2.05, 4.69) is 20.3 Å². The molecule has 10 heteroatoms. The number of carboxylic acids is 1. The molecule has 1 amide bonds. The topological polar surface area (TPSA) is 121 Å². The van der Waals surface area contributed by atoms with E-state index in [0.29, 0.717) is 47.0 Å². The number of anilines is 2. The highest BCUT2D eigenvalue weighted by Crippen LogP contribution is 2.37. The van der Waals surface area contributed by atoms with Crippen LogP contribution in [0.5, 0.6) is 0 Å². The quantitative estimate of drug-likeness (QED) is 0.369. The Hall–Kier alpha value is -4.05. The second-order valence-corrected chi connectivity index (χ2v) is 9.65. The summed E-state index contributed by atoms with van der Waals surface area (Å²) in [5, 5.41) is 13.8. The second-order valence-electron chi connectivity index (χ2n) is 8.77. The number of aryl methyl sites for hydroxylation is 1. The first kappa shape index (κ1) is 21.5. The van der Waals surface area contributed by atoms with Gasteiger partial charge < -0.3 is 19.7 Å². The number of hydrogen-bond acceptors (Lipinski definition) is 8. The maximum absolute atomic E-state index is 12.8. The van der Waals surface area contributed by atoms with E-state index >= 15 is 0 Å². The van der Waals surface area contributed by atoms with Crippen LogP contribution >= 0.6 is 11.3 Å². The summed E-state index contributed by atoms with van der Waals surface area (Å²) in [4.78, 5) is 40.1. The number of carboxylic acid groups (broad SMARTS) is 1. The molecule has 0 radical (unpaired) electrons. The Balaban J connectivity index is 1.27. The Labute approximate surface area is 203 Å². The minimum absolute atomic E-state index is 0.155. The van der Waals surface area contributed by atoms with Crippen molar-refractivity contribution in [1.82, 2.24) is 15.0 Å². The Morgan fingerprint density at radius 3 is 2.94 bits per heavy atom. The van der Waals surface area contributed by atoms with Crippen LogP contribution in [-0.2, 0) is 9.59 Å². The van der Waals surface area contributed by atoms with E-state index in [1.807, 2.05) is 42.5 Å². The molecule has 3 aromatic heterocycles. The van der Waals surface area contributed by atoms with Crippen molar-refractivity contribution < 1.29 is 19.1 Å². The normalized spacial score (nSPS) is 18.0. The Morgan fingerprint density at radius 2 is 2.09 bits per heavy atom. The minimum Gasteiger partial charge on any atom is -0.480 e. The number of para-hydroxylation sites is 1. The number of carbonyl (C=O) groups excluding carboxylic acids is 1. The number of benzene rings is 2. The molecule has 1 aliphatic heterocycles. The van der Waals surface area contributed by atoms with Crippen molar-refractivity contribution in [3.05, 3.63) is 53.8 Å². The summed E-state index contributed by atoms with van der Waals surface area (Å²) in [5.74, 6) is -0.280. The molecule has 0 spiro atoms. The SMILES string of the molecule is Cc1nc(N2C[C@@H](CC(=O)Nc3ccc4ncsc4c3)C[C@H]2C(=O)O)c2oc3ccccc3c2n1. The third-order valence-corrected chi connectivity index (χ3v) is 7.14. The van der Waals surface area contributed by atoms with Crippen molar-refractivity contribution in [2.24, 2.45) is 5.92 Å². The molecule has 4 heterocycles. The number of aliphatic carboxylic acids is 1. The molecule has 1 saturated heterocycles. The minimum atomic E-state index is -0.955. The number of nitrogens with zero attached hydrogens (tertiary/aromatic N) is 4. The summed E-state index contributed by atoms with van der Waals surface area (Å²) >= 11 is 1.51. The number of carbonyl (C=O) groups is 2. The summed E-state index contributed by atoms with van der Waals surface area (Å²) in [5.41, 5.74) is 5.15. The first-order valence-electron chi connectivity index (χ1n) is 11.2. The fraction of sp³-hybridized carbons (Fsp3) is 0.240. The largest absolute Gasteiger partial charge is 0.480 e. The standard InChI is InChI=1S/C25H21N5O4S/c1-13-27-22-16-4-2-3-5-19(16)34-23(22)24(28-13)30-11-14(8-18(30)25(32)33)9-21(31)29-15-6-7-17-20(10-15)35-12-26-17/h2-7,10,12,14,18H,8-9,11H2,1H3,(H,29,31)(H,32,33)/t14-,18+/m1/s1. The molecule has 35 heavy (non-hydrogen) atoms. The number of nitrogens with one attached hydrogen (secondary N) is 1. The van der Waals surface area contributed by atoms with E-state index in [4.69, 9.17) is 4.42 Å². The third kappa shape index (κ3) is 3.85.